The molecule has 0 aromatic rings. The summed E-state index contributed by atoms with van der Waals surface area (Å²) < 4.78 is 5.31. The third-order valence-electron chi connectivity index (χ3n) is 2.52. The van der Waals surface area contributed by atoms with Gasteiger partial charge in [-0.15, -0.1) is 0 Å². The van der Waals surface area contributed by atoms with E-state index in [1.165, 1.54) is 6.92 Å². The minimum atomic E-state index is -0.955. The Bertz CT molecular complexity index is 270. The largest absolute Gasteiger partial charge is 0.480 e. The van der Waals surface area contributed by atoms with Crippen LogP contribution in [0.1, 0.15) is 13.8 Å². The van der Waals surface area contributed by atoms with Gasteiger partial charge in [0.05, 0.1) is 19.3 Å². The van der Waals surface area contributed by atoms with Gasteiger partial charge in [0, 0.05) is 13.1 Å². The van der Waals surface area contributed by atoms with E-state index >= 15 is 0 Å². The van der Waals surface area contributed by atoms with Crippen LogP contribution in [0.4, 0.5) is 0 Å². The summed E-state index contributed by atoms with van der Waals surface area (Å²) >= 11 is 0. The van der Waals surface area contributed by atoms with Crippen LogP contribution in [0.5, 0.6) is 0 Å². The van der Waals surface area contributed by atoms with Crippen LogP contribution in [0.25, 0.3) is 0 Å². The van der Waals surface area contributed by atoms with Crippen LogP contribution in [0.15, 0.2) is 0 Å². The van der Waals surface area contributed by atoms with E-state index < -0.39 is 12.0 Å². The van der Waals surface area contributed by atoms with Crippen molar-refractivity contribution in [1.82, 2.24) is 10.2 Å². The van der Waals surface area contributed by atoms with Gasteiger partial charge in [0.15, 0.2) is 0 Å². The second-order valence-corrected chi connectivity index (χ2v) is 3.96. The molecule has 1 fully saturated rings. The smallest absolute Gasteiger partial charge is 0.320 e. The van der Waals surface area contributed by atoms with Crippen molar-refractivity contribution in [2.45, 2.75) is 26.0 Å². The summed E-state index contributed by atoms with van der Waals surface area (Å²) in [7, 11) is 0. The normalized spacial score (nSPS) is 22.9. The molecule has 0 saturated carbocycles. The fraction of sp³-hybridized carbons (Fsp3) is 0.800. The van der Waals surface area contributed by atoms with Crippen molar-refractivity contribution in [3.63, 3.8) is 0 Å². The van der Waals surface area contributed by atoms with E-state index in [4.69, 9.17) is 9.84 Å². The number of carbonyl (C=O) groups is 2. The Balaban J connectivity index is 2.31. The number of carboxylic acid groups (broad SMARTS) is 1. The van der Waals surface area contributed by atoms with Gasteiger partial charge in [-0.3, -0.25) is 14.9 Å². The first kappa shape index (κ1) is 12.9. The van der Waals surface area contributed by atoms with Gasteiger partial charge in [-0.1, -0.05) is 0 Å². The van der Waals surface area contributed by atoms with Crippen molar-refractivity contribution in [1.29, 1.82) is 0 Å². The molecular formula is C10H18N2O4. The maximum absolute atomic E-state index is 11.7. The number of carboxylic acids is 1. The monoisotopic (exact) mass is 230 g/mol. The van der Waals surface area contributed by atoms with Gasteiger partial charge in [-0.25, -0.2) is 0 Å². The maximum Gasteiger partial charge on any atom is 0.320 e. The van der Waals surface area contributed by atoms with Crippen molar-refractivity contribution < 1.29 is 19.4 Å². The van der Waals surface area contributed by atoms with Crippen molar-refractivity contribution in [3.05, 3.63) is 0 Å². The molecule has 0 aliphatic carbocycles. The molecule has 1 unspecified atom stereocenters. The molecule has 0 radical (unpaired) electrons. The van der Waals surface area contributed by atoms with Crippen LogP contribution in [0.2, 0.25) is 0 Å². The number of aliphatic carboxylic acids is 1. The van der Waals surface area contributed by atoms with Crippen LogP contribution in [-0.2, 0) is 14.3 Å². The molecule has 1 aliphatic rings. The average Bonchev–Trinajstić information content (AvgIpc) is 2.25. The molecule has 1 amide bonds. The molecule has 0 spiro atoms. The zero-order valence-electron chi connectivity index (χ0n) is 9.60. The summed E-state index contributed by atoms with van der Waals surface area (Å²) in [4.78, 5) is 23.9. The summed E-state index contributed by atoms with van der Waals surface area (Å²) in [6.45, 7) is 5.17. The second kappa shape index (κ2) is 5.81. The quantitative estimate of drug-likeness (QED) is 0.667. The predicted molar refractivity (Wildman–Crippen MR) is 57.1 cm³/mol. The molecule has 1 rings (SSSR count). The first-order valence-electron chi connectivity index (χ1n) is 5.36. The fourth-order valence-electron chi connectivity index (χ4n) is 1.48. The minimum absolute atomic E-state index is 0.0506. The lowest BCUT2D eigenvalue weighted by Gasteiger charge is -2.31. The Labute approximate surface area is 94.6 Å². The topological polar surface area (TPSA) is 78.9 Å². The summed E-state index contributed by atoms with van der Waals surface area (Å²) in [5.74, 6) is -1.04. The van der Waals surface area contributed by atoms with Crippen molar-refractivity contribution in [3.8, 4) is 0 Å². The van der Waals surface area contributed by atoms with Crippen molar-refractivity contribution in [2.24, 2.45) is 0 Å². The van der Waals surface area contributed by atoms with Gasteiger partial charge >= 0.3 is 5.97 Å². The molecule has 2 N–H and O–H groups in total. The first-order chi connectivity index (χ1) is 7.50. The van der Waals surface area contributed by atoms with E-state index in [0.717, 1.165) is 0 Å². The Morgan fingerprint density at radius 2 is 2.31 bits per heavy atom. The van der Waals surface area contributed by atoms with Crippen LogP contribution in [0, 0.1) is 0 Å². The zero-order valence-corrected chi connectivity index (χ0v) is 9.60. The third-order valence-corrected chi connectivity index (χ3v) is 2.52. The third kappa shape index (κ3) is 3.79. The molecule has 1 heterocycles. The zero-order chi connectivity index (χ0) is 12.1. The highest BCUT2D eigenvalue weighted by Crippen LogP contribution is 2.04. The van der Waals surface area contributed by atoms with E-state index in [0.29, 0.717) is 19.7 Å². The molecule has 6 heteroatoms. The number of nitrogens with zero attached hydrogens (tertiary/aromatic N) is 1. The van der Waals surface area contributed by atoms with Gasteiger partial charge in [-0.2, -0.15) is 0 Å². The molecule has 0 aromatic carbocycles. The molecule has 16 heavy (non-hydrogen) atoms. The molecule has 0 bridgehead atoms. The van der Waals surface area contributed by atoms with E-state index in [2.05, 4.69) is 5.32 Å². The summed E-state index contributed by atoms with van der Waals surface area (Å²) in [6.07, 6.45) is 0.0506. The highest BCUT2D eigenvalue weighted by molar-refractivity contribution is 5.80. The Hall–Kier alpha value is -1.14. The summed E-state index contributed by atoms with van der Waals surface area (Å²) in [6, 6.07) is -0.706. The number of nitrogens with one attached hydrogen (secondary N) is 1. The van der Waals surface area contributed by atoms with Crippen LogP contribution < -0.4 is 5.32 Å². The number of rotatable bonds is 4. The Morgan fingerprint density at radius 1 is 1.62 bits per heavy atom. The number of hydrogen-bond acceptors (Lipinski definition) is 4. The molecule has 0 aromatic heterocycles. The number of morpholine rings is 1. The average molecular weight is 230 g/mol. The highest BCUT2D eigenvalue weighted by atomic mass is 16.5. The van der Waals surface area contributed by atoms with Gasteiger partial charge in [0.2, 0.25) is 5.91 Å². The molecule has 1 aliphatic heterocycles. The number of amides is 1. The second-order valence-electron chi connectivity index (χ2n) is 3.96. The van der Waals surface area contributed by atoms with Crippen molar-refractivity contribution >= 4 is 11.9 Å². The lowest BCUT2D eigenvalue weighted by atomic mass is 10.3. The molecule has 6 nitrogen and oxygen atoms in total. The van der Waals surface area contributed by atoms with E-state index in [1.54, 1.807) is 4.90 Å². The number of hydrogen-bond donors (Lipinski definition) is 2. The number of carbonyl (C=O) groups excluding carboxylic acids is 1. The van der Waals surface area contributed by atoms with E-state index in [-0.39, 0.29) is 18.6 Å². The van der Waals surface area contributed by atoms with Crippen LogP contribution in [0.3, 0.4) is 0 Å². The van der Waals surface area contributed by atoms with Gasteiger partial charge in [-0.05, 0) is 13.8 Å². The van der Waals surface area contributed by atoms with Gasteiger partial charge in [0.1, 0.15) is 6.04 Å². The maximum atomic E-state index is 11.7. The van der Waals surface area contributed by atoms with E-state index in [1.807, 2.05) is 6.92 Å². The summed E-state index contributed by atoms with van der Waals surface area (Å²) in [5, 5.41) is 11.3. The van der Waals surface area contributed by atoms with Crippen LogP contribution >= 0.6 is 0 Å². The molecular weight excluding hydrogens is 212 g/mol. The number of ether oxygens (including phenoxy) is 1. The lowest BCUT2D eigenvalue weighted by molar-refractivity contribution is -0.140. The Morgan fingerprint density at radius 3 is 2.88 bits per heavy atom. The molecule has 92 valence electrons. The Kier molecular flexibility index (Phi) is 4.70. The molecule has 2 atom stereocenters. The fourth-order valence-corrected chi connectivity index (χ4v) is 1.48. The lowest BCUT2D eigenvalue weighted by Crippen LogP contribution is -2.49. The van der Waals surface area contributed by atoms with Gasteiger partial charge < -0.3 is 14.7 Å². The predicted octanol–water partition coefficient (Wildman–Crippen LogP) is -0.704. The van der Waals surface area contributed by atoms with Crippen molar-refractivity contribution in [2.75, 3.05) is 26.2 Å². The first-order valence-corrected chi connectivity index (χ1v) is 5.36. The van der Waals surface area contributed by atoms with Crippen LogP contribution in [-0.4, -0.2) is 60.3 Å². The minimum Gasteiger partial charge on any atom is -0.480 e. The van der Waals surface area contributed by atoms with Gasteiger partial charge in [0.25, 0.3) is 0 Å². The van der Waals surface area contributed by atoms with E-state index in [9.17, 15) is 9.59 Å². The summed E-state index contributed by atoms with van der Waals surface area (Å²) in [5.41, 5.74) is 0. The standard InChI is InChI=1S/C10H18N2O4/c1-7-6-12(3-4-16-7)9(13)5-11-8(2)10(14)15/h7-8,11H,3-6H2,1-2H3,(H,14,15)/t7?,8-/m0/s1. The molecule has 1 saturated heterocycles. The highest BCUT2D eigenvalue weighted by Gasteiger charge is 2.22. The SMILES string of the molecule is CC1CN(C(=O)CN[C@@H](C)C(=O)O)CCO1.